The van der Waals surface area contributed by atoms with Crippen molar-refractivity contribution in [3.8, 4) is 5.75 Å². The fraction of sp³-hybridized carbons (Fsp3) is 0.333. The van der Waals surface area contributed by atoms with Gasteiger partial charge in [-0.2, -0.15) is 8.42 Å². The van der Waals surface area contributed by atoms with Gasteiger partial charge in [-0.15, -0.1) is 0 Å². The molecular weight excluding hydrogens is 370 g/mol. The summed E-state index contributed by atoms with van der Waals surface area (Å²) in [6.07, 6.45) is 2.55. The van der Waals surface area contributed by atoms with Gasteiger partial charge >= 0.3 is 0 Å². The number of rotatable bonds is 7. The minimum atomic E-state index is -4.15. The fourth-order valence-corrected chi connectivity index (χ4v) is 3.70. The Morgan fingerprint density at radius 1 is 1.38 bits per heavy atom. The maximum absolute atomic E-state index is 12.4. The predicted molar refractivity (Wildman–Crippen MR) is 98.5 cm³/mol. The van der Waals surface area contributed by atoms with Gasteiger partial charge in [-0.05, 0) is 18.6 Å². The van der Waals surface area contributed by atoms with Crippen LogP contribution in [-0.4, -0.2) is 47.0 Å². The average molecular weight is 388 g/mol. The number of hydrogen-bond acceptors (Lipinski definition) is 6. The van der Waals surface area contributed by atoms with Crippen molar-refractivity contribution in [1.82, 2.24) is 4.90 Å². The molecule has 0 unspecified atom stereocenters. The summed E-state index contributed by atoms with van der Waals surface area (Å²) in [5.74, 6) is -0.260. The minimum Gasteiger partial charge on any atom is -0.493 e. The molecule has 0 saturated carbocycles. The molecular formula is C15H17NO5S3. The Balaban J connectivity index is 2.20. The van der Waals surface area contributed by atoms with Crippen molar-refractivity contribution in [2.24, 2.45) is 0 Å². The number of ether oxygens (including phenoxy) is 1. The lowest BCUT2D eigenvalue weighted by Gasteiger charge is -2.12. The van der Waals surface area contributed by atoms with E-state index in [9.17, 15) is 13.2 Å². The molecule has 1 N–H and O–H groups in total. The van der Waals surface area contributed by atoms with E-state index in [-0.39, 0.29) is 16.8 Å². The standard InChI is InChI=1S/C15H17NO5S3/c1-2-8-21-12-6-4-3-5-11(12)10-13-14(17)16(15(22)23-13)7-9-24(18,19)20/h3-6,10H,2,7-9H2,1H3,(H,18,19,20)/b13-10-. The highest BCUT2D eigenvalue weighted by Crippen LogP contribution is 2.34. The van der Waals surface area contributed by atoms with Crippen LogP contribution in [-0.2, 0) is 14.9 Å². The molecule has 0 atom stereocenters. The molecule has 24 heavy (non-hydrogen) atoms. The molecule has 1 fully saturated rings. The normalized spacial score (nSPS) is 16.9. The first kappa shape index (κ1) is 18.9. The number of amides is 1. The van der Waals surface area contributed by atoms with Gasteiger partial charge in [-0.3, -0.25) is 14.2 Å². The molecule has 1 aromatic carbocycles. The van der Waals surface area contributed by atoms with Crippen LogP contribution < -0.4 is 4.74 Å². The van der Waals surface area contributed by atoms with Crippen LogP contribution >= 0.6 is 24.0 Å². The summed E-state index contributed by atoms with van der Waals surface area (Å²) in [5, 5.41) is 0. The topological polar surface area (TPSA) is 83.9 Å². The molecule has 1 aromatic rings. The van der Waals surface area contributed by atoms with E-state index in [1.54, 1.807) is 6.08 Å². The molecule has 0 radical (unpaired) electrons. The largest absolute Gasteiger partial charge is 0.493 e. The molecule has 6 nitrogen and oxygen atoms in total. The molecule has 9 heteroatoms. The number of thiocarbonyl (C=S) groups is 1. The summed E-state index contributed by atoms with van der Waals surface area (Å²) >= 11 is 6.22. The lowest BCUT2D eigenvalue weighted by atomic mass is 10.2. The van der Waals surface area contributed by atoms with Crippen LogP contribution in [0, 0.1) is 0 Å². The van der Waals surface area contributed by atoms with Crippen molar-refractivity contribution in [3.05, 3.63) is 34.7 Å². The zero-order valence-corrected chi connectivity index (χ0v) is 15.4. The van der Waals surface area contributed by atoms with Crippen molar-refractivity contribution in [2.45, 2.75) is 13.3 Å². The molecule has 1 amide bonds. The van der Waals surface area contributed by atoms with Crippen LogP contribution in [0.5, 0.6) is 5.75 Å². The number of benzene rings is 1. The van der Waals surface area contributed by atoms with Crippen LogP contribution in [0.1, 0.15) is 18.9 Å². The van der Waals surface area contributed by atoms with E-state index in [4.69, 9.17) is 21.5 Å². The Kier molecular flexibility index (Phi) is 6.39. The van der Waals surface area contributed by atoms with Crippen LogP contribution in [0.3, 0.4) is 0 Å². The third-order valence-corrected chi connectivity index (χ3v) is 5.19. The molecule has 1 aliphatic heterocycles. The molecule has 1 heterocycles. The highest BCUT2D eigenvalue weighted by atomic mass is 32.2. The maximum Gasteiger partial charge on any atom is 0.266 e. The summed E-state index contributed by atoms with van der Waals surface area (Å²) < 4.78 is 36.5. The molecule has 0 spiro atoms. The number of thioether (sulfide) groups is 1. The average Bonchev–Trinajstić information content (AvgIpc) is 2.78. The van der Waals surface area contributed by atoms with E-state index >= 15 is 0 Å². The summed E-state index contributed by atoms with van der Waals surface area (Å²) in [6.45, 7) is 2.40. The summed E-state index contributed by atoms with van der Waals surface area (Å²) in [7, 11) is -4.15. The van der Waals surface area contributed by atoms with Gasteiger partial charge < -0.3 is 4.74 Å². The lowest BCUT2D eigenvalue weighted by Crippen LogP contribution is -2.32. The second kappa shape index (κ2) is 8.11. The van der Waals surface area contributed by atoms with Crippen LogP contribution in [0.25, 0.3) is 6.08 Å². The lowest BCUT2D eigenvalue weighted by molar-refractivity contribution is -0.121. The zero-order valence-electron chi connectivity index (χ0n) is 13.0. The van der Waals surface area contributed by atoms with Crippen molar-refractivity contribution < 1.29 is 22.5 Å². The quantitative estimate of drug-likeness (QED) is 0.437. The van der Waals surface area contributed by atoms with E-state index in [0.717, 1.165) is 23.7 Å². The molecule has 0 aliphatic carbocycles. The summed E-state index contributed by atoms with van der Waals surface area (Å²) in [5.41, 5.74) is 0.751. The van der Waals surface area contributed by atoms with Crippen LogP contribution in [0.15, 0.2) is 29.2 Å². The second-order valence-corrected chi connectivity index (χ2v) is 8.25. The van der Waals surface area contributed by atoms with E-state index in [2.05, 4.69) is 0 Å². The monoisotopic (exact) mass is 387 g/mol. The van der Waals surface area contributed by atoms with Gasteiger partial charge in [0, 0.05) is 12.1 Å². The first-order chi connectivity index (χ1) is 11.3. The Morgan fingerprint density at radius 2 is 2.08 bits per heavy atom. The fourth-order valence-electron chi connectivity index (χ4n) is 1.98. The number of para-hydroxylation sites is 1. The van der Waals surface area contributed by atoms with Gasteiger partial charge in [0.05, 0.1) is 17.3 Å². The van der Waals surface area contributed by atoms with Crippen molar-refractivity contribution in [1.29, 1.82) is 0 Å². The van der Waals surface area contributed by atoms with E-state index in [1.807, 2.05) is 31.2 Å². The smallest absolute Gasteiger partial charge is 0.266 e. The number of nitrogens with zero attached hydrogens (tertiary/aromatic N) is 1. The van der Waals surface area contributed by atoms with E-state index in [1.165, 1.54) is 4.90 Å². The van der Waals surface area contributed by atoms with Gasteiger partial charge in [0.1, 0.15) is 10.1 Å². The minimum absolute atomic E-state index is 0.172. The van der Waals surface area contributed by atoms with Gasteiger partial charge in [0.15, 0.2) is 0 Å². The van der Waals surface area contributed by atoms with Gasteiger partial charge in [0.2, 0.25) is 0 Å². The molecule has 0 aromatic heterocycles. The predicted octanol–water partition coefficient (Wildman–Crippen LogP) is 2.56. The molecule has 1 saturated heterocycles. The number of carbonyl (C=O) groups is 1. The van der Waals surface area contributed by atoms with E-state index < -0.39 is 15.9 Å². The van der Waals surface area contributed by atoms with Crippen LogP contribution in [0.2, 0.25) is 0 Å². The maximum atomic E-state index is 12.4. The summed E-state index contributed by atoms with van der Waals surface area (Å²) in [6, 6.07) is 7.33. The van der Waals surface area contributed by atoms with E-state index in [0.29, 0.717) is 17.3 Å². The number of carbonyl (C=O) groups excluding carboxylic acids is 1. The van der Waals surface area contributed by atoms with Gasteiger partial charge in [-0.25, -0.2) is 0 Å². The second-order valence-electron chi connectivity index (χ2n) is 5.01. The Morgan fingerprint density at radius 3 is 2.75 bits per heavy atom. The number of hydrogen-bond donors (Lipinski definition) is 1. The van der Waals surface area contributed by atoms with Crippen molar-refractivity contribution >= 4 is 50.4 Å². The Labute approximate surface area is 150 Å². The first-order valence-corrected chi connectivity index (χ1v) is 10.1. The molecule has 130 valence electrons. The van der Waals surface area contributed by atoms with Crippen LogP contribution in [0.4, 0.5) is 0 Å². The van der Waals surface area contributed by atoms with Crippen molar-refractivity contribution in [3.63, 3.8) is 0 Å². The Bertz CT molecular complexity index is 773. The molecule has 2 rings (SSSR count). The van der Waals surface area contributed by atoms with Gasteiger partial charge in [-0.1, -0.05) is 49.1 Å². The van der Waals surface area contributed by atoms with Crippen molar-refractivity contribution in [2.75, 3.05) is 18.9 Å². The first-order valence-electron chi connectivity index (χ1n) is 7.24. The summed E-state index contributed by atoms with van der Waals surface area (Å²) in [4.78, 5) is 14.0. The van der Waals surface area contributed by atoms with Gasteiger partial charge in [0.25, 0.3) is 16.0 Å². The highest BCUT2D eigenvalue weighted by Gasteiger charge is 2.32. The molecule has 1 aliphatic rings. The third-order valence-electron chi connectivity index (χ3n) is 3.11. The zero-order chi connectivity index (χ0) is 17.7. The molecule has 0 bridgehead atoms. The SMILES string of the molecule is CCCOc1ccccc1/C=C1\SC(=S)N(CCS(=O)(=O)O)C1=O. The Hall–Kier alpha value is -1.42. The highest BCUT2D eigenvalue weighted by molar-refractivity contribution is 8.26. The third kappa shape index (κ3) is 5.04.